The average molecular weight is 336 g/mol. The van der Waals surface area contributed by atoms with Gasteiger partial charge >= 0.3 is 0 Å². The maximum Gasteiger partial charge on any atom is 0.261 e. The van der Waals surface area contributed by atoms with Crippen LogP contribution in [-0.4, -0.2) is 33.0 Å². The number of carbonyl (C=O) groups excluding carboxylic acids is 1. The van der Waals surface area contributed by atoms with Gasteiger partial charge in [0.1, 0.15) is 5.56 Å². The van der Waals surface area contributed by atoms with Crippen LogP contribution in [-0.2, 0) is 6.54 Å². The Morgan fingerprint density at radius 1 is 1.20 bits per heavy atom. The summed E-state index contributed by atoms with van der Waals surface area (Å²) in [6.07, 6.45) is 1.71. The van der Waals surface area contributed by atoms with Crippen molar-refractivity contribution >= 4 is 5.91 Å². The average Bonchev–Trinajstić information content (AvgIpc) is 3.02. The highest BCUT2D eigenvalue weighted by atomic mass is 16.2. The van der Waals surface area contributed by atoms with E-state index in [2.05, 4.69) is 15.2 Å². The summed E-state index contributed by atoms with van der Waals surface area (Å²) in [6.45, 7) is 3.92. The van der Waals surface area contributed by atoms with Crippen LogP contribution in [0.1, 0.15) is 27.2 Å². The standard InChI is InChI=1S/C19H20N4O2/c1-12-9-13(2)21-18(24)16(12)19(25)23(3)11-15-10-20-22-17(15)14-7-5-4-6-8-14/h4-10H,11H2,1-3H3,(H,20,22)(H,21,24). The molecule has 2 heterocycles. The van der Waals surface area contributed by atoms with Crippen LogP contribution in [0.15, 0.2) is 47.4 Å². The quantitative estimate of drug-likeness (QED) is 0.768. The van der Waals surface area contributed by atoms with E-state index < -0.39 is 0 Å². The number of benzene rings is 1. The number of aromatic nitrogens is 3. The van der Waals surface area contributed by atoms with Crippen molar-refractivity contribution in [3.05, 3.63) is 75.3 Å². The third kappa shape index (κ3) is 3.38. The highest BCUT2D eigenvalue weighted by molar-refractivity contribution is 5.95. The predicted molar refractivity (Wildman–Crippen MR) is 96.4 cm³/mol. The molecule has 1 amide bonds. The van der Waals surface area contributed by atoms with Crippen molar-refractivity contribution in [2.24, 2.45) is 0 Å². The van der Waals surface area contributed by atoms with E-state index in [1.807, 2.05) is 30.3 Å². The second-order valence-corrected chi connectivity index (χ2v) is 6.14. The summed E-state index contributed by atoms with van der Waals surface area (Å²) in [4.78, 5) is 29.1. The molecule has 2 aromatic heterocycles. The van der Waals surface area contributed by atoms with Gasteiger partial charge in [0, 0.05) is 24.8 Å². The minimum Gasteiger partial charge on any atom is -0.337 e. The Morgan fingerprint density at radius 2 is 1.92 bits per heavy atom. The van der Waals surface area contributed by atoms with Gasteiger partial charge in [-0.25, -0.2) is 0 Å². The molecule has 0 radical (unpaired) electrons. The summed E-state index contributed by atoms with van der Waals surface area (Å²) in [5, 5.41) is 7.08. The number of hydrogen-bond acceptors (Lipinski definition) is 3. The molecule has 0 fully saturated rings. The smallest absolute Gasteiger partial charge is 0.261 e. The largest absolute Gasteiger partial charge is 0.337 e. The van der Waals surface area contributed by atoms with Crippen LogP contribution < -0.4 is 5.56 Å². The van der Waals surface area contributed by atoms with Crippen molar-refractivity contribution in [1.82, 2.24) is 20.1 Å². The molecule has 0 aliphatic rings. The maximum absolute atomic E-state index is 12.7. The molecule has 6 heteroatoms. The summed E-state index contributed by atoms with van der Waals surface area (Å²) in [7, 11) is 1.68. The number of aromatic amines is 2. The van der Waals surface area contributed by atoms with E-state index >= 15 is 0 Å². The van der Waals surface area contributed by atoms with Crippen molar-refractivity contribution in [3.8, 4) is 11.3 Å². The summed E-state index contributed by atoms with van der Waals surface area (Å²) < 4.78 is 0. The molecule has 0 saturated carbocycles. The number of carbonyl (C=O) groups is 1. The highest BCUT2D eigenvalue weighted by Gasteiger charge is 2.20. The number of nitrogens with zero attached hydrogens (tertiary/aromatic N) is 2. The van der Waals surface area contributed by atoms with E-state index in [4.69, 9.17) is 0 Å². The summed E-state index contributed by atoms with van der Waals surface area (Å²) in [5.74, 6) is -0.307. The van der Waals surface area contributed by atoms with E-state index in [1.54, 1.807) is 33.2 Å². The molecule has 3 aromatic rings. The van der Waals surface area contributed by atoms with E-state index in [1.165, 1.54) is 4.90 Å². The van der Waals surface area contributed by atoms with Crippen LogP contribution in [0.3, 0.4) is 0 Å². The number of nitrogens with one attached hydrogen (secondary N) is 2. The molecule has 0 unspecified atom stereocenters. The maximum atomic E-state index is 12.7. The first-order valence-electron chi connectivity index (χ1n) is 8.01. The molecule has 25 heavy (non-hydrogen) atoms. The molecule has 0 aliphatic carbocycles. The van der Waals surface area contributed by atoms with Crippen LogP contribution in [0.2, 0.25) is 0 Å². The van der Waals surface area contributed by atoms with E-state index in [0.717, 1.165) is 22.5 Å². The monoisotopic (exact) mass is 336 g/mol. The van der Waals surface area contributed by atoms with Crippen molar-refractivity contribution in [2.75, 3.05) is 7.05 Å². The second kappa shape index (κ2) is 6.76. The number of aryl methyl sites for hydroxylation is 2. The zero-order chi connectivity index (χ0) is 18.0. The van der Waals surface area contributed by atoms with Crippen molar-refractivity contribution in [1.29, 1.82) is 0 Å². The third-order valence-electron chi connectivity index (χ3n) is 4.11. The van der Waals surface area contributed by atoms with Crippen LogP contribution >= 0.6 is 0 Å². The number of rotatable bonds is 4. The van der Waals surface area contributed by atoms with E-state index in [9.17, 15) is 9.59 Å². The lowest BCUT2D eigenvalue weighted by molar-refractivity contribution is 0.0783. The fourth-order valence-electron chi connectivity index (χ4n) is 2.92. The van der Waals surface area contributed by atoms with Gasteiger partial charge in [0.15, 0.2) is 0 Å². The Morgan fingerprint density at radius 3 is 2.60 bits per heavy atom. The Bertz CT molecular complexity index is 957. The third-order valence-corrected chi connectivity index (χ3v) is 4.11. The molecule has 128 valence electrons. The summed E-state index contributed by atoms with van der Waals surface area (Å²) in [5.41, 5.74) is 4.00. The van der Waals surface area contributed by atoms with E-state index in [0.29, 0.717) is 12.1 Å². The molecule has 6 nitrogen and oxygen atoms in total. The molecule has 0 atom stereocenters. The van der Waals surface area contributed by atoms with Gasteiger partial charge in [-0.1, -0.05) is 30.3 Å². The fraction of sp³-hybridized carbons (Fsp3) is 0.211. The fourth-order valence-corrected chi connectivity index (χ4v) is 2.92. The first-order valence-corrected chi connectivity index (χ1v) is 8.01. The molecular weight excluding hydrogens is 316 g/mol. The predicted octanol–water partition coefficient (Wildman–Crippen LogP) is 2.65. The lowest BCUT2D eigenvalue weighted by atomic mass is 10.1. The van der Waals surface area contributed by atoms with Crippen molar-refractivity contribution < 1.29 is 4.79 Å². The number of amides is 1. The lowest BCUT2D eigenvalue weighted by Gasteiger charge is -2.18. The number of hydrogen-bond donors (Lipinski definition) is 2. The molecule has 0 spiro atoms. The van der Waals surface area contributed by atoms with Crippen LogP contribution in [0.5, 0.6) is 0 Å². The molecule has 3 rings (SSSR count). The lowest BCUT2D eigenvalue weighted by Crippen LogP contribution is -2.32. The SMILES string of the molecule is Cc1cc(C)c(C(=O)N(C)Cc2cn[nH]c2-c2ccccc2)c(=O)[nH]1. The van der Waals surface area contributed by atoms with Gasteiger partial charge in [-0.05, 0) is 31.0 Å². The van der Waals surface area contributed by atoms with Gasteiger partial charge in [-0.2, -0.15) is 5.10 Å². The summed E-state index contributed by atoms with van der Waals surface area (Å²) in [6, 6.07) is 11.6. The first-order chi connectivity index (χ1) is 12.0. The van der Waals surface area contributed by atoms with Crippen molar-refractivity contribution in [3.63, 3.8) is 0 Å². The minimum atomic E-state index is -0.357. The van der Waals surface area contributed by atoms with Crippen LogP contribution in [0.4, 0.5) is 0 Å². The van der Waals surface area contributed by atoms with Crippen molar-refractivity contribution in [2.45, 2.75) is 20.4 Å². The van der Waals surface area contributed by atoms with Gasteiger partial charge < -0.3 is 9.88 Å². The molecule has 0 bridgehead atoms. The Balaban J connectivity index is 1.87. The van der Waals surface area contributed by atoms with Crippen LogP contribution in [0, 0.1) is 13.8 Å². The normalized spacial score (nSPS) is 10.7. The molecule has 0 aliphatic heterocycles. The van der Waals surface area contributed by atoms with Gasteiger partial charge in [-0.3, -0.25) is 14.7 Å². The van der Waals surface area contributed by atoms with Gasteiger partial charge in [-0.15, -0.1) is 0 Å². The van der Waals surface area contributed by atoms with Crippen LogP contribution in [0.25, 0.3) is 11.3 Å². The topological polar surface area (TPSA) is 81.8 Å². The zero-order valence-corrected chi connectivity index (χ0v) is 14.5. The number of H-pyrrole nitrogens is 2. The minimum absolute atomic E-state index is 0.179. The first kappa shape index (κ1) is 16.7. The Labute approximate surface area is 145 Å². The molecule has 0 saturated heterocycles. The Hall–Kier alpha value is -3.15. The molecular formula is C19H20N4O2. The van der Waals surface area contributed by atoms with Gasteiger partial charge in [0.2, 0.25) is 0 Å². The highest BCUT2D eigenvalue weighted by Crippen LogP contribution is 2.22. The zero-order valence-electron chi connectivity index (χ0n) is 14.5. The Kier molecular flexibility index (Phi) is 4.52. The van der Waals surface area contributed by atoms with E-state index in [-0.39, 0.29) is 17.0 Å². The van der Waals surface area contributed by atoms with Gasteiger partial charge in [0.05, 0.1) is 11.9 Å². The summed E-state index contributed by atoms with van der Waals surface area (Å²) >= 11 is 0. The number of pyridine rings is 1. The van der Waals surface area contributed by atoms with Gasteiger partial charge in [0.25, 0.3) is 11.5 Å². The molecule has 2 N–H and O–H groups in total. The molecule has 1 aromatic carbocycles. The second-order valence-electron chi connectivity index (χ2n) is 6.14.